The number of nitrogens with two attached hydrogens (primary N) is 1. The summed E-state index contributed by atoms with van der Waals surface area (Å²) in [5, 5.41) is 7.49. The number of hydrogen-bond acceptors (Lipinski definition) is 4. The van der Waals surface area contributed by atoms with E-state index >= 15 is 0 Å². The van der Waals surface area contributed by atoms with E-state index in [-0.39, 0.29) is 5.84 Å². The summed E-state index contributed by atoms with van der Waals surface area (Å²) in [6.07, 6.45) is 2.56. The van der Waals surface area contributed by atoms with Gasteiger partial charge in [0.1, 0.15) is 17.3 Å². The molecule has 0 aliphatic rings. The van der Waals surface area contributed by atoms with Crippen molar-refractivity contribution in [1.82, 2.24) is 4.98 Å². The number of hydrogen-bond donors (Lipinski definition) is 2. The van der Waals surface area contributed by atoms with Crippen LogP contribution in [-0.4, -0.2) is 17.4 Å². The molecule has 5 nitrogen and oxygen atoms in total. The van der Waals surface area contributed by atoms with Gasteiger partial charge < -0.3 is 15.2 Å². The van der Waals surface area contributed by atoms with E-state index < -0.39 is 0 Å². The molecule has 0 unspecified atom stereocenters. The molecule has 0 atom stereocenters. The van der Waals surface area contributed by atoms with Gasteiger partial charge in [-0.25, -0.2) is 4.98 Å². The van der Waals surface area contributed by atoms with Crippen LogP contribution < -0.4 is 15.2 Å². The van der Waals surface area contributed by atoms with Crippen molar-refractivity contribution >= 4 is 5.84 Å². The first-order valence-electron chi connectivity index (χ1n) is 6.41. The van der Waals surface area contributed by atoms with Gasteiger partial charge in [0.15, 0.2) is 0 Å². The Labute approximate surface area is 117 Å². The first-order chi connectivity index (χ1) is 9.70. The van der Waals surface area contributed by atoms with E-state index in [0.717, 1.165) is 12.2 Å². The second-order valence-electron chi connectivity index (χ2n) is 4.19. The number of nitrogens with zero attached hydrogens (tertiary/aromatic N) is 1. The summed E-state index contributed by atoms with van der Waals surface area (Å²) in [6, 6.07) is 10.7. The van der Waals surface area contributed by atoms with E-state index in [0.29, 0.717) is 23.8 Å². The third-order valence-corrected chi connectivity index (χ3v) is 2.57. The Morgan fingerprint density at radius 3 is 2.55 bits per heavy atom. The lowest BCUT2D eigenvalue weighted by Crippen LogP contribution is -2.12. The number of nitrogen functional groups attached to an aromatic ring is 1. The summed E-state index contributed by atoms with van der Waals surface area (Å²) in [5.41, 5.74) is 5.96. The minimum Gasteiger partial charge on any atom is -0.494 e. The predicted molar refractivity (Wildman–Crippen MR) is 77.6 cm³/mol. The molecule has 2 aromatic rings. The Kier molecular flexibility index (Phi) is 4.55. The van der Waals surface area contributed by atoms with Gasteiger partial charge in [-0.1, -0.05) is 6.92 Å². The largest absolute Gasteiger partial charge is 0.494 e. The van der Waals surface area contributed by atoms with Gasteiger partial charge in [0.25, 0.3) is 0 Å². The summed E-state index contributed by atoms with van der Waals surface area (Å²) in [5.74, 6) is 1.67. The minimum atomic E-state index is -0.0731. The van der Waals surface area contributed by atoms with Crippen LogP contribution in [-0.2, 0) is 0 Å². The Balaban J connectivity index is 2.12. The number of nitrogens with one attached hydrogen (secondary N) is 1. The van der Waals surface area contributed by atoms with Crippen LogP contribution in [0.15, 0.2) is 42.6 Å². The van der Waals surface area contributed by atoms with Crippen LogP contribution in [0.5, 0.6) is 17.4 Å². The van der Waals surface area contributed by atoms with Crippen molar-refractivity contribution < 1.29 is 9.47 Å². The molecular weight excluding hydrogens is 254 g/mol. The van der Waals surface area contributed by atoms with E-state index in [4.69, 9.17) is 20.6 Å². The van der Waals surface area contributed by atoms with Crippen LogP contribution in [0.4, 0.5) is 0 Å². The highest BCUT2D eigenvalue weighted by atomic mass is 16.5. The summed E-state index contributed by atoms with van der Waals surface area (Å²) < 4.78 is 11.1. The molecule has 5 heteroatoms. The zero-order valence-electron chi connectivity index (χ0n) is 11.3. The lowest BCUT2D eigenvalue weighted by atomic mass is 10.2. The normalized spacial score (nSPS) is 10.1. The van der Waals surface area contributed by atoms with Gasteiger partial charge in [-0.2, -0.15) is 0 Å². The first-order valence-corrected chi connectivity index (χ1v) is 6.41. The molecule has 0 saturated carbocycles. The van der Waals surface area contributed by atoms with Crippen LogP contribution in [0.2, 0.25) is 0 Å². The van der Waals surface area contributed by atoms with Gasteiger partial charge in [-0.3, -0.25) is 5.41 Å². The lowest BCUT2D eigenvalue weighted by Gasteiger charge is -2.09. The van der Waals surface area contributed by atoms with Crippen molar-refractivity contribution in [2.75, 3.05) is 6.61 Å². The molecule has 0 radical (unpaired) electrons. The fourth-order valence-corrected chi connectivity index (χ4v) is 1.61. The number of amidine groups is 1. The molecule has 104 valence electrons. The van der Waals surface area contributed by atoms with Crippen LogP contribution in [0.25, 0.3) is 0 Å². The van der Waals surface area contributed by atoms with Crippen LogP contribution >= 0.6 is 0 Å². The molecule has 0 saturated heterocycles. The van der Waals surface area contributed by atoms with Crippen molar-refractivity contribution in [3.8, 4) is 17.4 Å². The van der Waals surface area contributed by atoms with E-state index in [2.05, 4.69) is 11.9 Å². The zero-order chi connectivity index (χ0) is 14.4. The fourth-order valence-electron chi connectivity index (χ4n) is 1.61. The molecule has 1 aromatic heterocycles. The Morgan fingerprint density at radius 1 is 1.20 bits per heavy atom. The van der Waals surface area contributed by atoms with Crippen molar-refractivity contribution in [3.05, 3.63) is 48.2 Å². The fraction of sp³-hybridized carbons (Fsp3) is 0.200. The average molecular weight is 271 g/mol. The van der Waals surface area contributed by atoms with E-state index in [9.17, 15) is 0 Å². The second-order valence-corrected chi connectivity index (χ2v) is 4.19. The highest BCUT2D eigenvalue weighted by Gasteiger charge is 2.08. The van der Waals surface area contributed by atoms with Crippen LogP contribution in [0.1, 0.15) is 18.9 Å². The summed E-state index contributed by atoms with van der Waals surface area (Å²) in [7, 11) is 0. The molecule has 2 rings (SSSR count). The SMILES string of the molecule is CCCOc1ccc(Oc2ncccc2C(=N)N)cc1. The first kappa shape index (κ1) is 13.9. The Bertz CT molecular complexity index is 582. The van der Waals surface area contributed by atoms with Crippen molar-refractivity contribution in [3.63, 3.8) is 0 Å². The molecule has 0 spiro atoms. The molecule has 1 heterocycles. The Morgan fingerprint density at radius 2 is 1.90 bits per heavy atom. The van der Waals surface area contributed by atoms with Crippen LogP contribution in [0.3, 0.4) is 0 Å². The van der Waals surface area contributed by atoms with E-state index in [1.165, 1.54) is 0 Å². The third-order valence-electron chi connectivity index (χ3n) is 2.57. The summed E-state index contributed by atoms with van der Waals surface area (Å²) in [4.78, 5) is 4.09. The highest BCUT2D eigenvalue weighted by molar-refractivity contribution is 5.97. The number of ether oxygens (including phenoxy) is 2. The molecule has 3 N–H and O–H groups in total. The van der Waals surface area contributed by atoms with E-state index in [1.54, 1.807) is 30.5 Å². The number of rotatable bonds is 6. The quantitative estimate of drug-likeness (QED) is 0.625. The molecule has 20 heavy (non-hydrogen) atoms. The maximum atomic E-state index is 7.49. The van der Waals surface area contributed by atoms with Crippen molar-refractivity contribution in [2.24, 2.45) is 5.73 Å². The average Bonchev–Trinajstić information content (AvgIpc) is 2.47. The summed E-state index contributed by atoms with van der Waals surface area (Å²) in [6.45, 7) is 2.75. The number of pyridine rings is 1. The lowest BCUT2D eigenvalue weighted by molar-refractivity contribution is 0.317. The molecule has 0 aliphatic carbocycles. The molecule has 1 aromatic carbocycles. The predicted octanol–water partition coefficient (Wildman–Crippen LogP) is 2.95. The van der Waals surface area contributed by atoms with Gasteiger partial charge in [0.05, 0.1) is 12.2 Å². The van der Waals surface area contributed by atoms with Crippen LogP contribution in [0, 0.1) is 5.41 Å². The maximum absolute atomic E-state index is 7.49. The maximum Gasteiger partial charge on any atom is 0.230 e. The van der Waals surface area contributed by atoms with Crippen molar-refractivity contribution in [2.45, 2.75) is 13.3 Å². The molecule has 0 aliphatic heterocycles. The monoisotopic (exact) mass is 271 g/mol. The van der Waals surface area contributed by atoms with Gasteiger partial charge >= 0.3 is 0 Å². The van der Waals surface area contributed by atoms with E-state index in [1.807, 2.05) is 12.1 Å². The topological polar surface area (TPSA) is 81.2 Å². The molecular formula is C15H17N3O2. The van der Waals surface area contributed by atoms with Gasteiger partial charge in [0.2, 0.25) is 5.88 Å². The minimum absolute atomic E-state index is 0.0731. The number of benzene rings is 1. The van der Waals surface area contributed by atoms with Gasteiger partial charge in [-0.05, 0) is 42.8 Å². The molecule has 0 bridgehead atoms. The molecule has 0 amide bonds. The highest BCUT2D eigenvalue weighted by Crippen LogP contribution is 2.24. The van der Waals surface area contributed by atoms with Gasteiger partial charge in [-0.15, -0.1) is 0 Å². The van der Waals surface area contributed by atoms with Gasteiger partial charge in [0, 0.05) is 6.20 Å². The Hall–Kier alpha value is -2.56. The third kappa shape index (κ3) is 3.47. The summed E-state index contributed by atoms with van der Waals surface area (Å²) >= 11 is 0. The smallest absolute Gasteiger partial charge is 0.230 e. The number of aromatic nitrogens is 1. The van der Waals surface area contributed by atoms with Crippen molar-refractivity contribution in [1.29, 1.82) is 5.41 Å². The second kappa shape index (κ2) is 6.56. The molecule has 0 fully saturated rings. The zero-order valence-corrected chi connectivity index (χ0v) is 11.3. The standard InChI is InChI=1S/C15H17N3O2/c1-2-10-19-11-5-7-12(8-6-11)20-15-13(14(16)17)4-3-9-18-15/h3-9H,2,10H2,1H3,(H3,16,17).